The minimum Gasteiger partial charge on any atom is -0.208 e. The van der Waals surface area contributed by atoms with Crippen LogP contribution < -0.4 is 0 Å². The van der Waals surface area contributed by atoms with Crippen LogP contribution in [0.5, 0.6) is 0 Å². The molecule has 0 N–H and O–H groups in total. The third-order valence-electron chi connectivity index (χ3n) is 2.24. The Morgan fingerprint density at radius 2 is 1.00 bits per heavy atom. The summed E-state index contributed by atoms with van der Waals surface area (Å²) in [6.45, 7) is 21.4. The maximum Gasteiger partial charge on any atom is 0.0308 e. The highest BCUT2D eigenvalue weighted by Gasteiger charge is 2.21. The molecule has 0 saturated heterocycles. The molecule has 0 unspecified atom stereocenters. The highest BCUT2D eigenvalue weighted by molar-refractivity contribution is 4.65. The van der Waals surface area contributed by atoms with Crippen LogP contribution in [0, 0.1) is 10.8 Å². The van der Waals surface area contributed by atoms with Gasteiger partial charge in [-0.3, -0.25) is 0 Å². The molecule has 0 heterocycles. The van der Waals surface area contributed by atoms with Gasteiger partial charge < -0.3 is 0 Å². The molecule has 0 aromatic rings. The van der Waals surface area contributed by atoms with E-state index in [1.165, 1.54) is 0 Å². The topological polar surface area (TPSA) is 15.7 Å². The van der Waals surface area contributed by atoms with Gasteiger partial charge in [0.2, 0.25) is 0 Å². The number of hydrogen-bond donors (Lipinski definition) is 0. The van der Waals surface area contributed by atoms with Crippen LogP contribution in [0.25, 0.3) is 0 Å². The van der Waals surface area contributed by atoms with Crippen molar-refractivity contribution in [3.05, 3.63) is 0 Å². The van der Waals surface area contributed by atoms with Crippen LogP contribution in [0.1, 0.15) is 55.4 Å². The lowest BCUT2D eigenvalue weighted by molar-refractivity contribution is -0.334. The molecule has 0 rings (SSSR count). The van der Waals surface area contributed by atoms with Gasteiger partial charge in [0.05, 0.1) is 0 Å². The quantitative estimate of drug-likeness (QED) is 0.664. The standard InChI is InChI=1S/C14H32N2O/c1-9-15(11-13(3,4)5)17-16(10-2)12-14(6,7)8/h9-12H2,1-8H3. The minimum absolute atomic E-state index is 0.261. The molecular formula is C14H32N2O. The molecule has 0 aromatic heterocycles. The summed E-state index contributed by atoms with van der Waals surface area (Å²) < 4.78 is 0. The summed E-state index contributed by atoms with van der Waals surface area (Å²) in [6, 6.07) is 0. The summed E-state index contributed by atoms with van der Waals surface area (Å²) in [4.78, 5) is 5.97. The molecule has 104 valence electrons. The maximum atomic E-state index is 5.97. The Balaban J connectivity index is 4.32. The average Bonchev–Trinajstić information content (AvgIpc) is 2.11. The van der Waals surface area contributed by atoms with E-state index in [4.69, 9.17) is 4.94 Å². The monoisotopic (exact) mass is 244 g/mol. The third-order valence-corrected chi connectivity index (χ3v) is 2.24. The molecule has 0 atom stereocenters. The van der Waals surface area contributed by atoms with Crippen molar-refractivity contribution in [3.8, 4) is 0 Å². The molecule has 0 aliphatic carbocycles. The van der Waals surface area contributed by atoms with Crippen LogP contribution in [-0.4, -0.2) is 36.3 Å². The van der Waals surface area contributed by atoms with Crippen molar-refractivity contribution in [2.75, 3.05) is 26.2 Å². The zero-order chi connectivity index (χ0) is 13.7. The number of hydrogen-bond acceptors (Lipinski definition) is 3. The minimum atomic E-state index is 0.261. The van der Waals surface area contributed by atoms with Crippen LogP contribution in [0.15, 0.2) is 0 Å². The Labute approximate surface area is 108 Å². The van der Waals surface area contributed by atoms with Crippen molar-refractivity contribution in [2.24, 2.45) is 10.8 Å². The van der Waals surface area contributed by atoms with E-state index in [1.54, 1.807) is 0 Å². The van der Waals surface area contributed by atoms with E-state index >= 15 is 0 Å². The second-order valence-corrected chi connectivity index (χ2v) is 7.12. The van der Waals surface area contributed by atoms with Gasteiger partial charge in [0, 0.05) is 26.2 Å². The predicted octanol–water partition coefficient (Wildman–Crippen LogP) is 3.57. The molecule has 17 heavy (non-hydrogen) atoms. The van der Waals surface area contributed by atoms with Gasteiger partial charge >= 0.3 is 0 Å². The molecule has 0 aliphatic rings. The van der Waals surface area contributed by atoms with E-state index in [0.29, 0.717) is 0 Å². The predicted molar refractivity (Wildman–Crippen MR) is 74.5 cm³/mol. The maximum absolute atomic E-state index is 5.97. The molecule has 0 aromatic carbocycles. The zero-order valence-corrected chi connectivity index (χ0v) is 13.1. The first-order chi connectivity index (χ1) is 7.57. The van der Waals surface area contributed by atoms with Gasteiger partial charge in [-0.2, -0.15) is 10.1 Å². The smallest absolute Gasteiger partial charge is 0.0308 e. The summed E-state index contributed by atoms with van der Waals surface area (Å²) in [5.41, 5.74) is 0.522. The number of rotatable bonds is 6. The van der Waals surface area contributed by atoms with Crippen molar-refractivity contribution in [3.63, 3.8) is 0 Å². The second kappa shape index (κ2) is 6.72. The van der Waals surface area contributed by atoms with E-state index in [2.05, 4.69) is 65.5 Å². The van der Waals surface area contributed by atoms with E-state index in [1.807, 2.05) is 0 Å². The molecule has 0 radical (unpaired) electrons. The fraction of sp³-hybridized carbons (Fsp3) is 1.00. The third kappa shape index (κ3) is 9.57. The summed E-state index contributed by atoms with van der Waals surface area (Å²) in [5, 5.41) is 4.10. The zero-order valence-electron chi connectivity index (χ0n) is 13.1. The molecule has 0 bridgehead atoms. The normalized spacial score (nSPS) is 13.8. The second-order valence-electron chi connectivity index (χ2n) is 7.12. The van der Waals surface area contributed by atoms with Gasteiger partial charge in [0.25, 0.3) is 0 Å². The van der Waals surface area contributed by atoms with Crippen molar-refractivity contribution in [2.45, 2.75) is 55.4 Å². The van der Waals surface area contributed by atoms with Gasteiger partial charge in [0.1, 0.15) is 0 Å². The van der Waals surface area contributed by atoms with Gasteiger partial charge in [-0.25, -0.2) is 4.94 Å². The molecule has 0 amide bonds. The molecular weight excluding hydrogens is 212 g/mol. The average molecular weight is 244 g/mol. The Morgan fingerprint density at radius 1 is 0.706 bits per heavy atom. The molecule has 3 heteroatoms. The lowest BCUT2D eigenvalue weighted by Gasteiger charge is -2.34. The van der Waals surface area contributed by atoms with Crippen LogP contribution in [0.2, 0.25) is 0 Å². The van der Waals surface area contributed by atoms with Crippen molar-refractivity contribution in [1.82, 2.24) is 10.1 Å². The summed E-state index contributed by atoms with van der Waals surface area (Å²) in [6.07, 6.45) is 0. The van der Waals surface area contributed by atoms with Gasteiger partial charge in [0.15, 0.2) is 0 Å². The molecule has 0 fully saturated rings. The van der Waals surface area contributed by atoms with Gasteiger partial charge in [-0.05, 0) is 10.8 Å². The highest BCUT2D eigenvalue weighted by atomic mass is 16.8. The highest BCUT2D eigenvalue weighted by Crippen LogP contribution is 2.18. The van der Waals surface area contributed by atoms with Gasteiger partial charge in [-0.1, -0.05) is 55.4 Å². The lowest BCUT2D eigenvalue weighted by Crippen LogP contribution is -2.42. The number of hydroxylamine groups is 4. The Bertz CT molecular complexity index is 181. The Kier molecular flexibility index (Phi) is 6.67. The van der Waals surface area contributed by atoms with E-state index < -0.39 is 0 Å². The Morgan fingerprint density at radius 3 is 1.18 bits per heavy atom. The summed E-state index contributed by atoms with van der Waals surface area (Å²) in [7, 11) is 0. The van der Waals surface area contributed by atoms with E-state index in [-0.39, 0.29) is 10.8 Å². The van der Waals surface area contributed by atoms with Crippen molar-refractivity contribution in [1.29, 1.82) is 0 Å². The molecule has 0 aliphatic heterocycles. The van der Waals surface area contributed by atoms with Gasteiger partial charge in [-0.15, -0.1) is 0 Å². The molecule has 0 saturated carbocycles. The van der Waals surface area contributed by atoms with Crippen LogP contribution >= 0.6 is 0 Å². The first-order valence-corrected chi connectivity index (χ1v) is 6.75. The summed E-state index contributed by atoms with van der Waals surface area (Å²) in [5.74, 6) is 0. The lowest BCUT2D eigenvalue weighted by atomic mass is 9.97. The van der Waals surface area contributed by atoms with E-state index in [0.717, 1.165) is 26.2 Å². The van der Waals surface area contributed by atoms with Crippen LogP contribution in [0.3, 0.4) is 0 Å². The van der Waals surface area contributed by atoms with E-state index in [9.17, 15) is 0 Å². The fourth-order valence-corrected chi connectivity index (χ4v) is 1.62. The summed E-state index contributed by atoms with van der Waals surface area (Å²) >= 11 is 0. The Hall–Kier alpha value is -0.120. The van der Waals surface area contributed by atoms with Crippen LogP contribution in [0.4, 0.5) is 0 Å². The molecule has 0 spiro atoms. The number of nitrogens with zero attached hydrogens (tertiary/aromatic N) is 2. The first-order valence-electron chi connectivity index (χ1n) is 6.75. The SMILES string of the molecule is CCN(CC(C)(C)C)ON(CC)CC(C)(C)C. The van der Waals surface area contributed by atoms with Crippen molar-refractivity contribution >= 4 is 0 Å². The molecule has 3 nitrogen and oxygen atoms in total. The fourth-order valence-electron chi connectivity index (χ4n) is 1.62. The van der Waals surface area contributed by atoms with Crippen molar-refractivity contribution < 1.29 is 4.94 Å². The first kappa shape index (κ1) is 16.9. The largest absolute Gasteiger partial charge is 0.208 e. The van der Waals surface area contributed by atoms with Crippen LogP contribution in [-0.2, 0) is 4.94 Å².